The molecule has 0 bridgehead atoms. The van der Waals surface area contributed by atoms with Gasteiger partial charge in [0.1, 0.15) is 0 Å². The second-order valence-corrected chi connectivity index (χ2v) is 5.07. The first-order valence-electron chi connectivity index (χ1n) is 6.98. The van der Waals surface area contributed by atoms with E-state index in [9.17, 15) is 14.0 Å². The zero-order valence-corrected chi connectivity index (χ0v) is 12.0. The average molecular weight is 294 g/mol. The van der Waals surface area contributed by atoms with Gasteiger partial charge in [0.25, 0.3) is 5.91 Å². The lowest BCUT2D eigenvalue weighted by Gasteiger charge is -2.31. The number of hydrogen-bond acceptors (Lipinski definition) is 3. The van der Waals surface area contributed by atoms with Crippen molar-refractivity contribution in [3.63, 3.8) is 0 Å². The van der Waals surface area contributed by atoms with Crippen molar-refractivity contribution < 1.29 is 18.7 Å². The van der Waals surface area contributed by atoms with Gasteiger partial charge in [-0.15, -0.1) is 0 Å². The third-order valence-corrected chi connectivity index (χ3v) is 3.50. The van der Waals surface area contributed by atoms with Gasteiger partial charge in [0, 0.05) is 26.1 Å². The molecule has 0 unspecified atom stereocenters. The van der Waals surface area contributed by atoms with Crippen molar-refractivity contribution in [3.8, 4) is 5.75 Å². The number of nitrogens with one attached hydrogen (secondary N) is 1. The van der Waals surface area contributed by atoms with Gasteiger partial charge in [0.2, 0.25) is 5.91 Å². The number of para-hydroxylation sites is 1. The summed E-state index contributed by atoms with van der Waals surface area (Å²) in [5.41, 5.74) is 0. The number of halogens is 1. The minimum absolute atomic E-state index is 0.0392. The highest BCUT2D eigenvalue weighted by atomic mass is 19.1. The van der Waals surface area contributed by atoms with Crippen LogP contribution in [-0.4, -0.2) is 42.5 Å². The van der Waals surface area contributed by atoms with E-state index in [4.69, 9.17) is 4.74 Å². The lowest BCUT2D eigenvalue weighted by molar-refractivity contribution is -0.130. The standard InChI is InChI=1S/C15H19FN2O3/c1-11(19)18-8-6-12(7-9-18)17-15(20)10-21-14-5-3-2-4-13(14)16/h2-5,12H,6-10H2,1H3,(H,17,20). The summed E-state index contributed by atoms with van der Waals surface area (Å²) >= 11 is 0. The van der Waals surface area contributed by atoms with E-state index in [0.29, 0.717) is 13.1 Å². The number of carbonyl (C=O) groups is 2. The number of likely N-dealkylation sites (tertiary alicyclic amines) is 1. The van der Waals surface area contributed by atoms with E-state index < -0.39 is 5.82 Å². The van der Waals surface area contributed by atoms with Crippen LogP contribution in [0.4, 0.5) is 4.39 Å². The van der Waals surface area contributed by atoms with Crippen molar-refractivity contribution in [2.24, 2.45) is 0 Å². The maximum atomic E-state index is 13.3. The molecule has 1 aromatic rings. The fourth-order valence-corrected chi connectivity index (χ4v) is 2.31. The van der Waals surface area contributed by atoms with Crippen LogP contribution in [0.15, 0.2) is 24.3 Å². The highest BCUT2D eigenvalue weighted by molar-refractivity contribution is 5.78. The van der Waals surface area contributed by atoms with Gasteiger partial charge < -0.3 is 15.0 Å². The van der Waals surface area contributed by atoms with Gasteiger partial charge >= 0.3 is 0 Å². The molecule has 0 spiro atoms. The number of amides is 2. The molecule has 1 aliphatic heterocycles. The quantitative estimate of drug-likeness (QED) is 0.911. The Morgan fingerprint density at radius 3 is 2.62 bits per heavy atom. The predicted octanol–water partition coefficient (Wildman–Crippen LogP) is 1.33. The number of piperidine rings is 1. The summed E-state index contributed by atoms with van der Waals surface area (Å²) in [7, 11) is 0. The van der Waals surface area contributed by atoms with Crippen LogP contribution < -0.4 is 10.1 Å². The van der Waals surface area contributed by atoms with Crippen LogP contribution in [0, 0.1) is 5.82 Å². The number of ether oxygens (including phenoxy) is 1. The maximum absolute atomic E-state index is 13.3. The molecule has 0 aliphatic carbocycles. The lowest BCUT2D eigenvalue weighted by atomic mass is 10.1. The van der Waals surface area contributed by atoms with Crippen LogP contribution in [0.2, 0.25) is 0 Å². The molecule has 6 heteroatoms. The van der Waals surface area contributed by atoms with Crippen LogP contribution in [0.1, 0.15) is 19.8 Å². The van der Waals surface area contributed by atoms with Crippen molar-refractivity contribution in [1.82, 2.24) is 10.2 Å². The number of rotatable bonds is 4. The fraction of sp³-hybridized carbons (Fsp3) is 0.467. The minimum Gasteiger partial charge on any atom is -0.481 e. The Balaban J connectivity index is 1.73. The Kier molecular flexibility index (Phi) is 5.14. The molecule has 5 nitrogen and oxygen atoms in total. The minimum atomic E-state index is -0.486. The van der Waals surface area contributed by atoms with Crippen molar-refractivity contribution in [2.45, 2.75) is 25.8 Å². The number of nitrogens with zero attached hydrogens (tertiary/aromatic N) is 1. The van der Waals surface area contributed by atoms with E-state index in [-0.39, 0.29) is 30.2 Å². The molecule has 1 heterocycles. The molecule has 21 heavy (non-hydrogen) atoms. The van der Waals surface area contributed by atoms with E-state index in [1.807, 2.05) is 0 Å². The average Bonchev–Trinajstić information content (AvgIpc) is 2.47. The summed E-state index contributed by atoms with van der Waals surface area (Å²) in [4.78, 5) is 24.7. The van der Waals surface area contributed by atoms with Crippen molar-refractivity contribution in [2.75, 3.05) is 19.7 Å². The van der Waals surface area contributed by atoms with E-state index in [0.717, 1.165) is 12.8 Å². The molecule has 1 fully saturated rings. The molecule has 0 radical (unpaired) electrons. The van der Waals surface area contributed by atoms with E-state index in [1.165, 1.54) is 12.1 Å². The summed E-state index contributed by atoms with van der Waals surface area (Å²) < 4.78 is 18.5. The van der Waals surface area contributed by atoms with Gasteiger partial charge in [-0.3, -0.25) is 9.59 Å². The Hall–Kier alpha value is -2.11. The smallest absolute Gasteiger partial charge is 0.258 e. The largest absolute Gasteiger partial charge is 0.481 e. The SMILES string of the molecule is CC(=O)N1CCC(NC(=O)COc2ccccc2F)CC1. The molecule has 114 valence electrons. The summed E-state index contributed by atoms with van der Waals surface area (Å²) in [5, 5.41) is 2.84. The Morgan fingerprint density at radius 1 is 1.33 bits per heavy atom. The van der Waals surface area contributed by atoms with Crippen LogP contribution >= 0.6 is 0 Å². The summed E-state index contributed by atoms with van der Waals surface area (Å²) in [6.07, 6.45) is 1.45. The molecule has 1 saturated heterocycles. The Labute approximate surface area is 123 Å². The summed E-state index contributed by atoms with van der Waals surface area (Å²) in [5.74, 6) is -0.638. The molecule has 0 atom stereocenters. The Bertz CT molecular complexity index is 513. The lowest BCUT2D eigenvalue weighted by Crippen LogP contribution is -2.47. The van der Waals surface area contributed by atoms with Crippen LogP contribution in [0.3, 0.4) is 0 Å². The second-order valence-electron chi connectivity index (χ2n) is 5.07. The molecular formula is C15H19FN2O3. The molecular weight excluding hydrogens is 275 g/mol. The van der Waals surface area contributed by atoms with Gasteiger partial charge in [-0.05, 0) is 25.0 Å². The topological polar surface area (TPSA) is 58.6 Å². The number of carbonyl (C=O) groups excluding carboxylic acids is 2. The predicted molar refractivity (Wildman–Crippen MR) is 75.3 cm³/mol. The van der Waals surface area contributed by atoms with E-state index >= 15 is 0 Å². The van der Waals surface area contributed by atoms with Crippen molar-refractivity contribution in [3.05, 3.63) is 30.1 Å². The van der Waals surface area contributed by atoms with E-state index in [1.54, 1.807) is 24.0 Å². The normalized spacial score (nSPS) is 15.6. The third-order valence-electron chi connectivity index (χ3n) is 3.50. The molecule has 1 N–H and O–H groups in total. The van der Waals surface area contributed by atoms with Gasteiger partial charge in [-0.2, -0.15) is 0 Å². The first-order valence-corrected chi connectivity index (χ1v) is 6.98. The first-order chi connectivity index (χ1) is 10.1. The van der Waals surface area contributed by atoms with Crippen molar-refractivity contribution >= 4 is 11.8 Å². The van der Waals surface area contributed by atoms with Gasteiger partial charge in [0.15, 0.2) is 18.2 Å². The number of benzene rings is 1. The molecule has 1 aromatic carbocycles. The summed E-state index contributed by atoms with van der Waals surface area (Å²) in [6.45, 7) is 2.62. The highest BCUT2D eigenvalue weighted by Gasteiger charge is 2.22. The Morgan fingerprint density at radius 2 is 2.00 bits per heavy atom. The number of hydrogen-bond donors (Lipinski definition) is 1. The van der Waals surface area contributed by atoms with E-state index in [2.05, 4.69) is 5.32 Å². The summed E-state index contributed by atoms with van der Waals surface area (Å²) in [6, 6.07) is 6.01. The van der Waals surface area contributed by atoms with Crippen LogP contribution in [0.5, 0.6) is 5.75 Å². The van der Waals surface area contributed by atoms with Gasteiger partial charge in [-0.25, -0.2) is 4.39 Å². The highest BCUT2D eigenvalue weighted by Crippen LogP contribution is 2.15. The zero-order valence-electron chi connectivity index (χ0n) is 12.0. The molecule has 1 aliphatic rings. The molecule has 2 amide bonds. The van der Waals surface area contributed by atoms with Gasteiger partial charge in [-0.1, -0.05) is 12.1 Å². The zero-order chi connectivity index (χ0) is 15.2. The maximum Gasteiger partial charge on any atom is 0.258 e. The van der Waals surface area contributed by atoms with Gasteiger partial charge in [0.05, 0.1) is 0 Å². The third kappa shape index (κ3) is 4.44. The van der Waals surface area contributed by atoms with Crippen molar-refractivity contribution in [1.29, 1.82) is 0 Å². The molecule has 0 aromatic heterocycles. The van der Waals surface area contributed by atoms with Crippen LogP contribution in [-0.2, 0) is 9.59 Å². The van der Waals surface area contributed by atoms with Crippen LogP contribution in [0.25, 0.3) is 0 Å². The second kappa shape index (κ2) is 7.06. The monoisotopic (exact) mass is 294 g/mol. The fourth-order valence-electron chi connectivity index (χ4n) is 2.31. The molecule has 0 saturated carbocycles. The first kappa shape index (κ1) is 15.3. The molecule has 2 rings (SSSR count).